The van der Waals surface area contributed by atoms with Crippen molar-refractivity contribution in [2.45, 2.75) is 45.7 Å². The van der Waals surface area contributed by atoms with Gasteiger partial charge in [0.15, 0.2) is 0 Å². The highest BCUT2D eigenvalue weighted by Gasteiger charge is 2.51. The molecule has 0 unspecified atom stereocenters. The van der Waals surface area contributed by atoms with Gasteiger partial charge in [-0.25, -0.2) is 0 Å². The Labute approximate surface area is 167 Å². The maximum atomic E-state index is 13.3. The number of piperidine rings is 2. The molecule has 6 nitrogen and oxygen atoms in total. The second-order valence-corrected chi connectivity index (χ2v) is 8.68. The number of nitrogens with one attached hydrogen (secondary N) is 1. The summed E-state index contributed by atoms with van der Waals surface area (Å²) in [4.78, 5) is 18.2. The van der Waals surface area contributed by atoms with E-state index in [2.05, 4.69) is 47.2 Å². The molecule has 2 fully saturated rings. The molecule has 3 heterocycles. The van der Waals surface area contributed by atoms with Gasteiger partial charge in [-0.2, -0.15) is 5.10 Å². The predicted molar refractivity (Wildman–Crippen MR) is 109 cm³/mol. The van der Waals surface area contributed by atoms with E-state index in [4.69, 9.17) is 11.6 Å². The summed E-state index contributed by atoms with van der Waals surface area (Å²) in [5, 5.41) is 8.00. The van der Waals surface area contributed by atoms with Gasteiger partial charge in [-0.1, -0.05) is 23.3 Å². The third kappa shape index (κ3) is 4.73. The molecule has 1 aromatic heterocycles. The number of likely N-dealkylation sites (N-methyl/N-ethyl adjacent to an activating group) is 1. The van der Waals surface area contributed by atoms with E-state index in [1.165, 1.54) is 5.57 Å². The lowest BCUT2D eigenvalue weighted by Gasteiger charge is -2.53. The second-order valence-electron chi connectivity index (χ2n) is 8.24. The molecule has 0 spiro atoms. The molecule has 0 saturated carbocycles. The number of likely N-dealkylation sites (tertiary alicyclic amines) is 2. The van der Waals surface area contributed by atoms with Crippen LogP contribution in [0.15, 0.2) is 24.0 Å². The van der Waals surface area contributed by atoms with Crippen molar-refractivity contribution in [2.24, 2.45) is 5.41 Å². The van der Waals surface area contributed by atoms with Gasteiger partial charge in [-0.15, -0.1) is 0 Å². The number of amides is 1. The second kappa shape index (κ2) is 8.76. The fourth-order valence-electron chi connectivity index (χ4n) is 4.45. The zero-order valence-corrected chi connectivity index (χ0v) is 17.5. The highest BCUT2D eigenvalue weighted by atomic mass is 35.5. The van der Waals surface area contributed by atoms with Crippen LogP contribution in [0.25, 0.3) is 0 Å². The lowest BCUT2D eigenvalue weighted by molar-refractivity contribution is -0.144. The van der Waals surface area contributed by atoms with E-state index in [1.54, 1.807) is 17.1 Å². The Kier molecular flexibility index (Phi) is 6.61. The number of carbonyl (C=O) groups is 1. The van der Waals surface area contributed by atoms with E-state index in [0.29, 0.717) is 18.1 Å². The van der Waals surface area contributed by atoms with Crippen LogP contribution in [-0.2, 0) is 11.3 Å². The van der Waals surface area contributed by atoms with Crippen LogP contribution >= 0.6 is 11.6 Å². The Morgan fingerprint density at radius 1 is 1.41 bits per heavy atom. The molecule has 0 aromatic carbocycles. The number of allylic oxidation sites excluding steroid dienone is 1. The van der Waals surface area contributed by atoms with E-state index in [-0.39, 0.29) is 17.4 Å². The van der Waals surface area contributed by atoms with Crippen molar-refractivity contribution in [1.29, 1.82) is 0 Å². The summed E-state index contributed by atoms with van der Waals surface area (Å²) < 4.78 is 1.77. The normalized spacial score (nSPS) is 26.4. The van der Waals surface area contributed by atoms with Crippen LogP contribution in [0.1, 0.15) is 33.1 Å². The fraction of sp³-hybridized carbons (Fsp3) is 0.700. The first-order chi connectivity index (χ1) is 12.9. The number of hydrogen-bond donors (Lipinski definition) is 1. The predicted octanol–water partition coefficient (Wildman–Crippen LogP) is 2.41. The molecule has 27 heavy (non-hydrogen) atoms. The van der Waals surface area contributed by atoms with Crippen LogP contribution in [-0.4, -0.2) is 71.3 Å². The quantitative estimate of drug-likeness (QED) is 0.754. The van der Waals surface area contributed by atoms with Gasteiger partial charge >= 0.3 is 0 Å². The molecule has 150 valence electrons. The molecular formula is C20H32ClN5O. The molecule has 0 radical (unpaired) electrons. The standard InChI is InChI=1S/C20H32ClN5O/c1-16(2)5-10-25-9-4-6-20(7-11-24(3)15-18(20)25)19(27)22-8-12-26-14-17(21)13-23-26/h5,13-14,18H,4,6-12,15H2,1-3H3,(H,22,27)/t18-,20+/m0/s1. The number of carbonyl (C=O) groups excluding carboxylic acids is 1. The molecule has 2 atom stereocenters. The third-order valence-electron chi connectivity index (χ3n) is 5.99. The Morgan fingerprint density at radius 3 is 2.93 bits per heavy atom. The molecule has 7 heteroatoms. The monoisotopic (exact) mass is 393 g/mol. The first-order valence-electron chi connectivity index (χ1n) is 9.93. The summed E-state index contributed by atoms with van der Waals surface area (Å²) in [5.41, 5.74) is 1.06. The van der Waals surface area contributed by atoms with Crippen LogP contribution in [0.2, 0.25) is 5.02 Å². The molecule has 3 rings (SSSR count). The van der Waals surface area contributed by atoms with Gasteiger partial charge in [0.1, 0.15) is 0 Å². The maximum absolute atomic E-state index is 13.3. The zero-order chi connectivity index (χ0) is 19.4. The van der Waals surface area contributed by atoms with Crippen molar-refractivity contribution >= 4 is 17.5 Å². The van der Waals surface area contributed by atoms with Gasteiger partial charge in [0, 0.05) is 31.9 Å². The number of aromatic nitrogens is 2. The minimum absolute atomic E-state index is 0.209. The number of hydrogen-bond acceptors (Lipinski definition) is 4. The number of rotatable bonds is 6. The maximum Gasteiger partial charge on any atom is 0.227 e. The number of halogens is 1. The van der Waals surface area contributed by atoms with Crippen LogP contribution in [0, 0.1) is 5.41 Å². The molecule has 0 bridgehead atoms. The average molecular weight is 394 g/mol. The zero-order valence-electron chi connectivity index (χ0n) is 16.7. The Bertz CT molecular complexity index is 684. The van der Waals surface area contributed by atoms with Gasteiger partial charge < -0.3 is 10.2 Å². The van der Waals surface area contributed by atoms with Crippen molar-refractivity contribution in [3.63, 3.8) is 0 Å². The number of fused-ring (bicyclic) bond motifs is 1. The summed E-state index contributed by atoms with van der Waals surface area (Å²) in [6, 6.07) is 0.278. The molecule has 1 N–H and O–H groups in total. The van der Waals surface area contributed by atoms with Crippen molar-refractivity contribution in [1.82, 2.24) is 24.9 Å². The molecular weight excluding hydrogens is 362 g/mol. The summed E-state index contributed by atoms with van der Waals surface area (Å²) in [7, 11) is 2.16. The van der Waals surface area contributed by atoms with Crippen molar-refractivity contribution in [2.75, 3.05) is 39.8 Å². The SMILES string of the molecule is CC(C)=CCN1CCC[C@@]2(C(=O)NCCn3cc(Cl)cn3)CCN(C)C[C@H]12. The van der Waals surface area contributed by atoms with Crippen molar-refractivity contribution in [3.8, 4) is 0 Å². The van der Waals surface area contributed by atoms with Crippen molar-refractivity contribution < 1.29 is 4.79 Å². The van der Waals surface area contributed by atoms with Crippen LogP contribution in [0.5, 0.6) is 0 Å². The van der Waals surface area contributed by atoms with E-state index >= 15 is 0 Å². The van der Waals surface area contributed by atoms with E-state index in [1.807, 2.05) is 0 Å². The smallest absolute Gasteiger partial charge is 0.227 e. The third-order valence-corrected chi connectivity index (χ3v) is 6.18. The first kappa shape index (κ1) is 20.4. The average Bonchev–Trinajstić information content (AvgIpc) is 3.05. The van der Waals surface area contributed by atoms with Crippen LogP contribution in [0.3, 0.4) is 0 Å². The highest BCUT2D eigenvalue weighted by Crippen LogP contribution is 2.42. The molecule has 1 amide bonds. The molecule has 1 aromatic rings. The largest absolute Gasteiger partial charge is 0.354 e. The van der Waals surface area contributed by atoms with Gasteiger partial charge in [-0.3, -0.25) is 14.4 Å². The van der Waals surface area contributed by atoms with E-state index in [0.717, 1.165) is 45.4 Å². The molecule has 2 saturated heterocycles. The van der Waals surface area contributed by atoms with Gasteiger partial charge in [-0.05, 0) is 53.2 Å². The Morgan fingerprint density at radius 2 is 2.22 bits per heavy atom. The summed E-state index contributed by atoms with van der Waals surface area (Å²) >= 11 is 5.91. The molecule has 0 aliphatic carbocycles. The lowest BCUT2D eigenvalue weighted by atomic mass is 9.67. The summed E-state index contributed by atoms with van der Waals surface area (Å²) in [5.74, 6) is 0.209. The Hall–Kier alpha value is -1.37. The minimum Gasteiger partial charge on any atom is -0.354 e. The molecule has 2 aliphatic heterocycles. The summed E-state index contributed by atoms with van der Waals surface area (Å²) in [6.45, 7) is 9.44. The van der Waals surface area contributed by atoms with Gasteiger partial charge in [0.2, 0.25) is 5.91 Å². The summed E-state index contributed by atoms with van der Waals surface area (Å²) in [6.07, 6.45) is 8.68. The Balaban J connectivity index is 1.68. The topological polar surface area (TPSA) is 53.4 Å². The number of nitrogens with zero attached hydrogens (tertiary/aromatic N) is 4. The van der Waals surface area contributed by atoms with E-state index in [9.17, 15) is 4.79 Å². The van der Waals surface area contributed by atoms with Crippen LogP contribution < -0.4 is 5.32 Å². The van der Waals surface area contributed by atoms with E-state index < -0.39 is 0 Å². The van der Waals surface area contributed by atoms with Crippen LogP contribution in [0.4, 0.5) is 0 Å². The highest BCUT2D eigenvalue weighted by molar-refractivity contribution is 6.30. The molecule has 2 aliphatic rings. The fourth-order valence-corrected chi connectivity index (χ4v) is 4.60. The van der Waals surface area contributed by atoms with Crippen molar-refractivity contribution in [3.05, 3.63) is 29.1 Å². The minimum atomic E-state index is -0.276. The first-order valence-corrected chi connectivity index (χ1v) is 10.3. The van der Waals surface area contributed by atoms with Gasteiger partial charge in [0.05, 0.1) is 23.2 Å². The lowest BCUT2D eigenvalue weighted by Crippen LogP contribution is -2.65. The van der Waals surface area contributed by atoms with Gasteiger partial charge in [0.25, 0.3) is 0 Å².